The first-order valence-corrected chi connectivity index (χ1v) is 5.81. The predicted molar refractivity (Wildman–Crippen MR) is 69.9 cm³/mol. The number of nitrogens with one attached hydrogen (secondary N) is 1. The van der Waals surface area contributed by atoms with Gasteiger partial charge in [0.1, 0.15) is 5.82 Å². The Morgan fingerprint density at radius 1 is 1.12 bits per heavy atom. The van der Waals surface area contributed by atoms with Gasteiger partial charge in [0.05, 0.1) is 5.02 Å². The summed E-state index contributed by atoms with van der Waals surface area (Å²) in [6.07, 6.45) is 0. The summed E-state index contributed by atoms with van der Waals surface area (Å²) in [5, 5.41) is 3.45. The van der Waals surface area contributed by atoms with Crippen LogP contribution in [0.3, 0.4) is 0 Å². The number of halogens is 2. The average Bonchev–Trinajstić information content (AvgIpc) is 2.34. The van der Waals surface area contributed by atoms with Gasteiger partial charge in [0.25, 0.3) is 0 Å². The molecule has 3 heteroatoms. The molecule has 0 saturated carbocycles. The summed E-state index contributed by atoms with van der Waals surface area (Å²) in [6, 6.07) is 14.7. The second-order valence-electron chi connectivity index (χ2n) is 3.91. The molecule has 0 aliphatic carbocycles. The number of para-hydroxylation sites is 1. The maximum Gasteiger partial charge on any atom is 0.142 e. The fourth-order valence-electron chi connectivity index (χ4n) is 1.65. The lowest BCUT2D eigenvalue weighted by molar-refractivity contribution is 0.624. The van der Waals surface area contributed by atoms with Gasteiger partial charge in [-0.05, 0) is 36.8 Å². The molecule has 2 rings (SSSR count). The van der Waals surface area contributed by atoms with E-state index in [9.17, 15) is 4.39 Å². The molecule has 1 atom stereocenters. The van der Waals surface area contributed by atoms with Crippen molar-refractivity contribution in [1.82, 2.24) is 0 Å². The van der Waals surface area contributed by atoms with Crippen molar-refractivity contribution in [2.45, 2.75) is 13.0 Å². The molecule has 1 unspecified atom stereocenters. The van der Waals surface area contributed by atoms with E-state index in [1.165, 1.54) is 6.07 Å². The van der Waals surface area contributed by atoms with Crippen LogP contribution in [0.25, 0.3) is 0 Å². The van der Waals surface area contributed by atoms with Gasteiger partial charge in [-0.25, -0.2) is 4.39 Å². The summed E-state index contributed by atoms with van der Waals surface area (Å²) in [6.45, 7) is 1.98. The minimum atomic E-state index is -0.383. The fourth-order valence-corrected chi connectivity index (χ4v) is 1.77. The first kappa shape index (κ1) is 11.9. The number of hydrogen-bond acceptors (Lipinski definition) is 1. The van der Waals surface area contributed by atoms with Gasteiger partial charge >= 0.3 is 0 Å². The fraction of sp³-hybridized carbons (Fsp3) is 0.143. The van der Waals surface area contributed by atoms with Gasteiger partial charge in [0.15, 0.2) is 0 Å². The molecule has 1 nitrogen and oxygen atoms in total. The normalized spacial score (nSPS) is 12.2. The third-order valence-electron chi connectivity index (χ3n) is 2.60. The largest absolute Gasteiger partial charge is 0.379 e. The molecule has 0 aromatic heterocycles. The van der Waals surface area contributed by atoms with Crippen LogP contribution in [-0.4, -0.2) is 0 Å². The molecule has 2 aromatic rings. The lowest BCUT2D eigenvalue weighted by Gasteiger charge is -2.15. The second kappa shape index (κ2) is 5.19. The van der Waals surface area contributed by atoms with Gasteiger partial charge in [-0.15, -0.1) is 0 Å². The number of benzene rings is 2. The van der Waals surface area contributed by atoms with Gasteiger partial charge in [-0.3, -0.25) is 0 Å². The number of anilines is 1. The van der Waals surface area contributed by atoms with Crippen molar-refractivity contribution in [3.63, 3.8) is 0 Å². The quantitative estimate of drug-likeness (QED) is 0.835. The molecule has 0 saturated heterocycles. The highest BCUT2D eigenvalue weighted by atomic mass is 35.5. The summed E-state index contributed by atoms with van der Waals surface area (Å²) < 4.78 is 13.3. The maximum atomic E-state index is 13.3. The molecule has 0 spiro atoms. The monoisotopic (exact) mass is 249 g/mol. The Kier molecular flexibility index (Phi) is 3.64. The highest BCUT2D eigenvalue weighted by molar-refractivity contribution is 6.30. The molecule has 1 N–H and O–H groups in total. The van der Waals surface area contributed by atoms with Gasteiger partial charge in [0, 0.05) is 11.7 Å². The first-order chi connectivity index (χ1) is 8.16. The van der Waals surface area contributed by atoms with Gasteiger partial charge in [-0.1, -0.05) is 35.9 Å². The molecular formula is C14H13ClFN. The second-order valence-corrected chi connectivity index (χ2v) is 4.31. The van der Waals surface area contributed by atoms with Crippen molar-refractivity contribution < 1.29 is 4.39 Å². The zero-order valence-corrected chi connectivity index (χ0v) is 10.2. The summed E-state index contributed by atoms with van der Waals surface area (Å²) in [4.78, 5) is 0. The third kappa shape index (κ3) is 2.98. The SMILES string of the molecule is CC(Nc1ccccc1)c1ccc(Cl)c(F)c1. The van der Waals surface area contributed by atoms with Crippen LogP contribution in [0.15, 0.2) is 48.5 Å². The van der Waals surface area contributed by atoms with Gasteiger partial charge in [-0.2, -0.15) is 0 Å². The minimum Gasteiger partial charge on any atom is -0.379 e. The highest BCUT2D eigenvalue weighted by Gasteiger charge is 2.08. The van der Waals surface area contributed by atoms with Gasteiger partial charge < -0.3 is 5.32 Å². The van der Waals surface area contributed by atoms with E-state index < -0.39 is 0 Å². The molecule has 0 aliphatic heterocycles. The smallest absolute Gasteiger partial charge is 0.142 e. The Labute approximate surface area is 105 Å². The molecule has 0 heterocycles. The Balaban J connectivity index is 2.14. The van der Waals surface area contributed by atoms with Crippen molar-refractivity contribution >= 4 is 17.3 Å². The maximum absolute atomic E-state index is 13.3. The molecule has 0 bridgehead atoms. The topological polar surface area (TPSA) is 12.0 Å². The van der Waals surface area contributed by atoms with Gasteiger partial charge in [0.2, 0.25) is 0 Å². The summed E-state index contributed by atoms with van der Waals surface area (Å²) in [5.74, 6) is -0.383. The standard InChI is InChI=1S/C14H13ClFN/c1-10(17-12-5-3-2-4-6-12)11-7-8-13(15)14(16)9-11/h2-10,17H,1H3. The van der Waals surface area contributed by atoms with E-state index in [2.05, 4.69) is 5.32 Å². The van der Waals surface area contributed by atoms with Crippen molar-refractivity contribution in [1.29, 1.82) is 0 Å². The third-order valence-corrected chi connectivity index (χ3v) is 2.91. The molecule has 0 fully saturated rings. The molecule has 2 aromatic carbocycles. The van der Waals surface area contributed by atoms with Crippen LogP contribution in [0.2, 0.25) is 5.02 Å². The van der Waals surface area contributed by atoms with E-state index in [0.29, 0.717) is 0 Å². The van der Waals surface area contributed by atoms with E-state index in [4.69, 9.17) is 11.6 Å². The van der Waals surface area contributed by atoms with E-state index >= 15 is 0 Å². The van der Waals surface area contributed by atoms with Crippen molar-refractivity contribution in [3.8, 4) is 0 Å². The number of rotatable bonds is 3. The predicted octanol–water partition coefficient (Wildman–Crippen LogP) is 4.65. The van der Waals surface area contributed by atoms with Crippen LogP contribution in [0, 0.1) is 5.82 Å². The average molecular weight is 250 g/mol. The lowest BCUT2D eigenvalue weighted by atomic mass is 10.1. The Morgan fingerprint density at radius 3 is 2.47 bits per heavy atom. The molecule has 0 amide bonds. The van der Waals surface area contributed by atoms with E-state index in [-0.39, 0.29) is 16.9 Å². The highest BCUT2D eigenvalue weighted by Crippen LogP contribution is 2.22. The van der Waals surface area contributed by atoms with E-state index in [1.807, 2.05) is 43.3 Å². The van der Waals surface area contributed by atoms with Crippen LogP contribution in [0.4, 0.5) is 10.1 Å². The van der Waals surface area contributed by atoms with E-state index in [1.54, 1.807) is 6.07 Å². The Hall–Kier alpha value is -1.54. The van der Waals surface area contributed by atoms with Crippen LogP contribution in [0.5, 0.6) is 0 Å². The minimum absolute atomic E-state index is 0.0316. The number of hydrogen-bond donors (Lipinski definition) is 1. The van der Waals surface area contributed by atoms with Crippen LogP contribution < -0.4 is 5.32 Å². The first-order valence-electron chi connectivity index (χ1n) is 5.43. The van der Waals surface area contributed by atoms with Crippen molar-refractivity contribution in [2.75, 3.05) is 5.32 Å². The Bertz CT molecular complexity index is 499. The van der Waals surface area contributed by atoms with E-state index in [0.717, 1.165) is 11.3 Å². The summed E-state index contributed by atoms with van der Waals surface area (Å²) in [5.41, 5.74) is 1.88. The van der Waals surface area contributed by atoms with Crippen molar-refractivity contribution in [2.24, 2.45) is 0 Å². The molecule has 0 radical (unpaired) electrons. The lowest BCUT2D eigenvalue weighted by Crippen LogP contribution is -2.06. The molecule has 0 aliphatic rings. The van der Waals surface area contributed by atoms with Crippen LogP contribution >= 0.6 is 11.6 Å². The molecule has 88 valence electrons. The molecule has 17 heavy (non-hydrogen) atoms. The summed E-state index contributed by atoms with van der Waals surface area (Å²) in [7, 11) is 0. The van der Waals surface area contributed by atoms with Crippen LogP contribution in [-0.2, 0) is 0 Å². The summed E-state index contributed by atoms with van der Waals surface area (Å²) >= 11 is 5.65. The molecular weight excluding hydrogens is 237 g/mol. The zero-order valence-electron chi connectivity index (χ0n) is 9.45. The zero-order chi connectivity index (χ0) is 12.3. The van der Waals surface area contributed by atoms with Crippen molar-refractivity contribution in [3.05, 3.63) is 64.9 Å². The van der Waals surface area contributed by atoms with Crippen LogP contribution in [0.1, 0.15) is 18.5 Å². The Morgan fingerprint density at radius 2 is 1.82 bits per heavy atom.